The molecule has 0 bridgehead atoms. The molecule has 51 heavy (non-hydrogen) atoms. The van der Waals surface area contributed by atoms with E-state index in [1.165, 1.54) is 108 Å². The standard InChI is InChI=1S/3C8H17N.2C8H8O3.Na.H2O/c3*1-7(9)8-5-3-2-4-6-8;2*9-7(8(10)11)6-4-2-1-3-5-6;;/h3*7-8H,2-6,9H2,1H3;2*1-5,7,9H,(H,10,11);;1H2/q;;;;;+1;/p-1/t5*7-;;/m11111../s1. The largest absolute Gasteiger partial charge is 1.00 e. The van der Waals surface area contributed by atoms with Crippen molar-refractivity contribution in [3.05, 3.63) is 71.8 Å². The molecule has 0 aliphatic heterocycles. The Labute approximate surface area is 329 Å². The molecule has 2 aromatic carbocycles. The molecule has 0 radical (unpaired) electrons. The maximum atomic E-state index is 10.2. The predicted molar refractivity (Wildman–Crippen MR) is 197 cm³/mol. The number of hydrogen-bond acceptors (Lipinski definition) is 8. The van der Waals surface area contributed by atoms with Crippen LogP contribution in [-0.2, 0) is 9.59 Å². The fraction of sp³-hybridized carbons (Fsp3) is 0.650. The number of aliphatic carboxylic acids is 2. The van der Waals surface area contributed by atoms with Crippen LogP contribution in [0.15, 0.2) is 60.7 Å². The minimum atomic E-state index is -1.52. The number of benzene rings is 2. The normalized spacial score (nSPS) is 19.1. The zero-order chi connectivity index (χ0) is 36.6. The van der Waals surface area contributed by atoms with Gasteiger partial charge in [-0.1, -0.05) is 118 Å². The van der Waals surface area contributed by atoms with Gasteiger partial charge >= 0.3 is 35.5 Å². The molecule has 3 fully saturated rings. The number of nitrogens with two attached hydrogens (primary N) is 2. The maximum absolute atomic E-state index is 10.2. The third kappa shape index (κ3) is 23.4. The Bertz CT molecular complexity index is 1000. The third-order valence-electron chi connectivity index (χ3n) is 9.93. The minimum absolute atomic E-state index is 0. The molecule has 0 saturated heterocycles. The number of carbonyl (C=O) groups excluding carboxylic acids is 1. The van der Waals surface area contributed by atoms with Crippen LogP contribution in [0.3, 0.4) is 0 Å². The summed E-state index contributed by atoms with van der Waals surface area (Å²) in [6, 6.07) is 17.9. The van der Waals surface area contributed by atoms with Crippen molar-refractivity contribution >= 4 is 11.9 Å². The van der Waals surface area contributed by atoms with Crippen LogP contribution in [0.4, 0.5) is 0 Å². The van der Waals surface area contributed by atoms with E-state index in [1.807, 2.05) is 0 Å². The monoisotopic (exact) mass is 725 g/mol. The van der Waals surface area contributed by atoms with Gasteiger partial charge in [-0.15, -0.1) is 0 Å². The van der Waals surface area contributed by atoms with Gasteiger partial charge in [-0.25, -0.2) is 4.79 Å². The van der Waals surface area contributed by atoms with Crippen LogP contribution in [0.2, 0.25) is 0 Å². The first kappa shape index (κ1) is 51.2. The average molecular weight is 726 g/mol. The van der Waals surface area contributed by atoms with Crippen molar-refractivity contribution in [1.82, 2.24) is 0 Å². The van der Waals surface area contributed by atoms with Crippen LogP contribution in [0.1, 0.15) is 140 Å². The van der Waals surface area contributed by atoms with Crippen LogP contribution in [0.25, 0.3) is 0 Å². The van der Waals surface area contributed by atoms with E-state index in [0.29, 0.717) is 29.3 Å². The Morgan fingerprint density at radius 3 is 1.14 bits per heavy atom. The zero-order valence-electron chi connectivity index (χ0n) is 31.9. The predicted octanol–water partition coefficient (Wildman–Crippen LogP) is 2.13. The van der Waals surface area contributed by atoms with E-state index in [-0.39, 0.29) is 35.0 Å². The molecule has 0 amide bonds. The van der Waals surface area contributed by atoms with Crippen molar-refractivity contribution in [3.8, 4) is 0 Å². The van der Waals surface area contributed by atoms with E-state index in [4.69, 9.17) is 26.8 Å². The Kier molecular flexibility index (Phi) is 30.7. The summed E-state index contributed by atoms with van der Waals surface area (Å²) in [5, 5.41) is 36.5. The first-order valence-electron chi connectivity index (χ1n) is 18.6. The van der Waals surface area contributed by atoms with Crippen LogP contribution in [-0.4, -0.2) is 50.9 Å². The molecule has 0 aromatic heterocycles. The van der Waals surface area contributed by atoms with E-state index in [2.05, 4.69) is 26.5 Å². The number of hydrogen-bond donors (Lipinski definition) is 6. The van der Waals surface area contributed by atoms with E-state index >= 15 is 0 Å². The molecule has 3 aliphatic rings. The summed E-state index contributed by atoms with van der Waals surface area (Å²) in [6.07, 6.45) is 18.3. The fourth-order valence-corrected chi connectivity index (χ4v) is 6.57. The Morgan fingerprint density at radius 1 is 0.627 bits per heavy atom. The molecule has 0 spiro atoms. The van der Waals surface area contributed by atoms with Gasteiger partial charge in [0.15, 0.2) is 6.10 Å². The van der Waals surface area contributed by atoms with Crippen molar-refractivity contribution in [2.75, 3.05) is 0 Å². The number of rotatable bonds is 7. The molecular weight excluding hydrogens is 657 g/mol. The molecule has 11 heteroatoms. The molecule has 11 N–H and O–H groups in total. The number of carboxylic acid groups (broad SMARTS) is 2. The number of carboxylic acids is 2. The van der Waals surface area contributed by atoms with Crippen molar-refractivity contribution in [2.45, 2.75) is 147 Å². The molecule has 10 nitrogen and oxygen atoms in total. The minimum Gasteiger partial charge on any atom is -0.870 e. The van der Waals surface area contributed by atoms with Crippen LogP contribution in [0.5, 0.6) is 0 Å². The van der Waals surface area contributed by atoms with Crippen LogP contribution >= 0.6 is 0 Å². The number of aliphatic hydroxyl groups is 2. The Balaban J connectivity index is 0. The second-order valence-corrected chi connectivity index (χ2v) is 14.2. The summed E-state index contributed by atoms with van der Waals surface area (Å²) >= 11 is 0. The Hall–Kier alpha value is -1.86. The van der Waals surface area contributed by atoms with Crippen molar-refractivity contribution in [2.24, 2.45) is 29.2 Å². The van der Waals surface area contributed by atoms with Crippen molar-refractivity contribution < 1.29 is 70.8 Å². The quantitative estimate of drug-likeness (QED) is 0.230. The van der Waals surface area contributed by atoms with E-state index in [0.717, 1.165) is 17.8 Å². The van der Waals surface area contributed by atoms with Gasteiger partial charge in [0, 0.05) is 18.0 Å². The summed E-state index contributed by atoms with van der Waals surface area (Å²) in [6.45, 7) is 6.52. The fourth-order valence-electron chi connectivity index (χ4n) is 6.57. The molecule has 0 unspecified atom stereocenters. The summed E-state index contributed by atoms with van der Waals surface area (Å²) in [5.74, 6) is -0.0938. The molecule has 3 aliphatic carbocycles. The van der Waals surface area contributed by atoms with E-state index in [1.54, 1.807) is 48.5 Å². The van der Waals surface area contributed by atoms with Gasteiger partial charge in [0.05, 0.1) is 12.0 Å². The number of carbonyl (C=O) groups is 2. The second kappa shape index (κ2) is 30.6. The molecule has 5 atom stereocenters. The van der Waals surface area contributed by atoms with Gasteiger partial charge in [-0.05, 0) is 82.3 Å². The molecule has 2 aromatic rings. The molecular formula is C40H68N3NaO7. The third-order valence-corrected chi connectivity index (χ3v) is 9.93. The van der Waals surface area contributed by atoms with E-state index < -0.39 is 24.1 Å². The first-order valence-corrected chi connectivity index (χ1v) is 18.6. The van der Waals surface area contributed by atoms with Gasteiger partial charge in [-0.2, -0.15) is 0 Å². The maximum Gasteiger partial charge on any atom is 1.00 e. The van der Waals surface area contributed by atoms with E-state index in [9.17, 15) is 14.7 Å². The second-order valence-electron chi connectivity index (χ2n) is 14.2. The molecule has 286 valence electrons. The van der Waals surface area contributed by atoms with Crippen LogP contribution < -0.4 is 51.9 Å². The van der Waals surface area contributed by atoms with Gasteiger partial charge in [-0.3, -0.25) is 0 Å². The van der Waals surface area contributed by atoms with Crippen molar-refractivity contribution in [3.63, 3.8) is 0 Å². The summed E-state index contributed by atoms with van der Waals surface area (Å²) in [7, 11) is 0. The molecule has 0 heterocycles. The number of quaternary nitrogens is 1. The average Bonchev–Trinajstić information content (AvgIpc) is 3.13. The van der Waals surface area contributed by atoms with Gasteiger partial charge < -0.3 is 47.9 Å². The summed E-state index contributed by atoms with van der Waals surface area (Å²) < 4.78 is 0. The zero-order valence-corrected chi connectivity index (χ0v) is 33.9. The van der Waals surface area contributed by atoms with Crippen LogP contribution in [0, 0.1) is 17.8 Å². The SMILES string of the molecule is C[C@@H](N)C1CCCCC1.C[C@@H](N)C1CCCCC1.C[C@@H]([NH3+])C1CCCCC1.O=C(O)[C@H](O)c1ccccc1.O=C([O-])[C@H](O)c1ccccc1.[Na+].[OH-]. The van der Waals surface area contributed by atoms with Gasteiger partial charge in [0.25, 0.3) is 0 Å². The molecule has 5 rings (SSSR count). The smallest absolute Gasteiger partial charge is 0.870 e. The molecule has 3 saturated carbocycles. The van der Waals surface area contributed by atoms with Gasteiger partial charge in [0.1, 0.15) is 6.10 Å². The van der Waals surface area contributed by atoms with Gasteiger partial charge in [0.2, 0.25) is 0 Å². The number of aliphatic hydroxyl groups excluding tert-OH is 2. The Morgan fingerprint density at radius 2 is 0.922 bits per heavy atom. The summed E-state index contributed by atoms with van der Waals surface area (Å²) in [5.41, 5.74) is 16.3. The summed E-state index contributed by atoms with van der Waals surface area (Å²) in [4.78, 5) is 20.4. The van der Waals surface area contributed by atoms with Crippen molar-refractivity contribution in [1.29, 1.82) is 0 Å². The topological polar surface area (TPSA) is 228 Å². The first-order chi connectivity index (χ1) is 23.3.